The molecule has 0 fully saturated rings. The predicted octanol–water partition coefficient (Wildman–Crippen LogP) is 2.41. The van der Waals surface area contributed by atoms with Gasteiger partial charge in [-0.25, -0.2) is 9.97 Å². The van der Waals surface area contributed by atoms with Crippen LogP contribution >= 0.6 is 0 Å². The second kappa shape index (κ2) is 4.75. The molecule has 0 aliphatic rings. The third-order valence-corrected chi connectivity index (χ3v) is 2.55. The Kier molecular flexibility index (Phi) is 3.15. The Morgan fingerprint density at radius 1 is 1.12 bits per heavy atom. The van der Waals surface area contributed by atoms with Crippen LogP contribution in [0.1, 0.15) is 24.2 Å². The van der Waals surface area contributed by atoms with Gasteiger partial charge in [0.1, 0.15) is 5.82 Å². The number of hydrogen-bond donors (Lipinski definition) is 1. The van der Waals surface area contributed by atoms with Crippen LogP contribution in [0.25, 0.3) is 0 Å². The van der Waals surface area contributed by atoms with Crippen LogP contribution in [-0.2, 0) is 6.42 Å². The number of benzene rings is 1. The number of nitrogens with two attached hydrogens (primary N) is 1. The molecule has 0 radical (unpaired) electrons. The quantitative estimate of drug-likeness (QED) is 0.796. The van der Waals surface area contributed by atoms with E-state index >= 15 is 0 Å². The van der Waals surface area contributed by atoms with E-state index in [1.54, 1.807) is 12.4 Å². The van der Waals surface area contributed by atoms with Gasteiger partial charge in [0.05, 0.1) is 0 Å². The zero-order valence-corrected chi connectivity index (χ0v) is 9.30. The maximum atomic E-state index is 5.64. The predicted molar refractivity (Wildman–Crippen MR) is 65.0 cm³/mol. The van der Waals surface area contributed by atoms with E-state index in [0.29, 0.717) is 5.92 Å². The van der Waals surface area contributed by atoms with Gasteiger partial charge in [-0.15, -0.1) is 0 Å². The van der Waals surface area contributed by atoms with Crippen LogP contribution in [0.15, 0.2) is 42.7 Å². The van der Waals surface area contributed by atoms with Crippen LogP contribution < -0.4 is 5.73 Å². The maximum absolute atomic E-state index is 5.64. The number of anilines is 1. The zero-order valence-electron chi connectivity index (χ0n) is 9.30. The molecule has 1 aromatic heterocycles. The topological polar surface area (TPSA) is 51.8 Å². The van der Waals surface area contributed by atoms with E-state index in [0.717, 1.165) is 17.9 Å². The Balaban J connectivity index is 2.08. The summed E-state index contributed by atoms with van der Waals surface area (Å²) < 4.78 is 0. The van der Waals surface area contributed by atoms with E-state index in [9.17, 15) is 0 Å². The Hall–Kier alpha value is -1.90. The standard InChI is InChI=1S/C13H15N3/c1-10(13-15-7-2-8-16-13)9-11-3-5-12(14)6-4-11/h2-8,10H,9,14H2,1H3. The fourth-order valence-electron chi connectivity index (χ4n) is 1.66. The van der Waals surface area contributed by atoms with Crippen LogP contribution in [0, 0.1) is 0 Å². The first-order valence-electron chi connectivity index (χ1n) is 5.37. The van der Waals surface area contributed by atoms with Gasteiger partial charge in [-0.3, -0.25) is 0 Å². The van der Waals surface area contributed by atoms with Crippen molar-refractivity contribution in [3.05, 3.63) is 54.1 Å². The number of nitrogen functional groups attached to an aromatic ring is 1. The molecular weight excluding hydrogens is 198 g/mol. The minimum Gasteiger partial charge on any atom is -0.399 e. The van der Waals surface area contributed by atoms with Gasteiger partial charge in [0.25, 0.3) is 0 Å². The highest BCUT2D eigenvalue weighted by atomic mass is 14.9. The van der Waals surface area contributed by atoms with Crippen molar-refractivity contribution in [1.82, 2.24) is 9.97 Å². The fraction of sp³-hybridized carbons (Fsp3) is 0.231. The SMILES string of the molecule is CC(Cc1ccc(N)cc1)c1ncccn1. The van der Waals surface area contributed by atoms with Crippen LogP contribution in [0.5, 0.6) is 0 Å². The van der Waals surface area contributed by atoms with Gasteiger partial charge in [0, 0.05) is 24.0 Å². The first-order valence-corrected chi connectivity index (χ1v) is 5.37. The first-order chi connectivity index (χ1) is 7.75. The molecule has 1 heterocycles. The lowest BCUT2D eigenvalue weighted by atomic mass is 10.0. The molecule has 0 saturated heterocycles. The van der Waals surface area contributed by atoms with Crippen molar-refractivity contribution in [2.24, 2.45) is 0 Å². The van der Waals surface area contributed by atoms with Crippen molar-refractivity contribution in [2.45, 2.75) is 19.3 Å². The number of aromatic nitrogens is 2. The average Bonchev–Trinajstić information content (AvgIpc) is 2.33. The summed E-state index contributed by atoms with van der Waals surface area (Å²) in [5, 5.41) is 0. The van der Waals surface area contributed by atoms with Gasteiger partial charge in [-0.2, -0.15) is 0 Å². The highest BCUT2D eigenvalue weighted by Crippen LogP contribution is 2.17. The molecule has 0 bridgehead atoms. The zero-order chi connectivity index (χ0) is 11.4. The number of hydrogen-bond acceptors (Lipinski definition) is 3. The van der Waals surface area contributed by atoms with Gasteiger partial charge in [0.15, 0.2) is 0 Å². The summed E-state index contributed by atoms with van der Waals surface area (Å²) in [6, 6.07) is 9.78. The molecule has 2 aromatic rings. The van der Waals surface area contributed by atoms with Gasteiger partial charge >= 0.3 is 0 Å². The highest BCUT2D eigenvalue weighted by molar-refractivity contribution is 5.39. The first kappa shape index (κ1) is 10.6. The molecule has 0 saturated carbocycles. The Morgan fingerprint density at radius 3 is 2.38 bits per heavy atom. The molecule has 2 N–H and O–H groups in total. The van der Waals surface area contributed by atoms with Gasteiger partial charge in [0.2, 0.25) is 0 Å². The normalized spacial score (nSPS) is 12.3. The summed E-state index contributed by atoms with van der Waals surface area (Å²) in [6.45, 7) is 2.13. The molecule has 3 heteroatoms. The summed E-state index contributed by atoms with van der Waals surface area (Å²) in [4.78, 5) is 8.51. The largest absolute Gasteiger partial charge is 0.399 e. The van der Waals surface area contributed by atoms with Gasteiger partial charge in [-0.1, -0.05) is 19.1 Å². The molecule has 0 amide bonds. The van der Waals surface area contributed by atoms with Gasteiger partial charge in [-0.05, 0) is 30.2 Å². The third kappa shape index (κ3) is 2.57. The van der Waals surface area contributed by atoms with Crippen LogP contribution in [-0.4, -0.2) is 9.97 Å². The summed E-state index contributed by atoms with van der Waals surface area (Å²) in [5.74, 6) is 1.21. The van der Waals surface area contributed by atoms with Crippen molar-refractivity contribution < 1.29 is 0 Å². The molecule has 1 aromatic carbocycles. The molecular formula is C13H15N3. The smallest absolute Gasteiger partial charge is 0.131 e. The molecule has 0 spiro atoms. The van der Waals surface area contributed by atoms with Crippen molar-refractivity contribution in [3.8, 4) is 0 Å². The van der Waals surface area contributed by atoms with Crippen molar-refractivity contribution in [1.29, 1.82) is 0 Å². The van der Waals surface area contributed by atoms with Crippen LogP contribution in [0.3, 0.4) is 0 Å². The highest BCUT2D eigenvalue weighted by Gasteiger charge is 2.08. The Labute approximate surface area is 95.4 Å². The van der Waals surface area contributed by atoms with Crippen molar-refractivity contribution in [2.75, 3.05) is 5.73 Å². The van der Waals surface area contributed by atoms with Crippen LogP contribution in [0.2, 0.25) is 0 Å². The van der Waals surface area contributed by atoms with E-state index in [1.807, 2.05) is 18.2 Å². The third-order valence-electron chi connectivity index (χ3n) is 2.55. The van der Waals surface area contributed by atoms with E-state index in [-0.39, 0.29) is 0 Å². The van der Waals surface area contributed by atoms with E-state index < -0.39 is 0 Å². The molecule has 0 aliphatic carbocycles. The number of nitrogens with zero attached hydrogens (tertiary/aromatic N) is 2. The molecule has 1 unspecified atom stereocenters. The molecule has 16 heavy (non-hydrogen) atoms. The second-order valence-electron chi connectivity index (χ2n) is 3.95. The fourth-order valence-corrected chi connectivity index (χ4v) is 1.66. The average molecular weight is 213 g/mol. The maximum Gasteiger partial charge on any atom is 0.131 e. The van der Waals surface area contributed by atoms with Crippen molar-refractivity contribution in [3.63, 3.8) is 0 Å². The van der Waals surface area contributed by atoms with E-state index in [2.05, 4.69) is 29.0 Å². The van der Waals surface area contributed by atoms with Gasteiger partial charge < -0.3 is 5.73 Å². The lowest BCUT2D eigenvalue weighted by molar-refractivity contribution is 0.698. The second-order valence-corrected chi connectivity index (χ2v) is 3.95. The molecule has 0 aliphatic heterocycles. The minimum absolute atomic E-state index is 0.324. The summed E-state index contributed by atoms with van der Waals surface area (Å²) >= 11 is 0. The van der Waals surface area contributed by atoms with E-state index in [4.69, 9.17) is 5.73 Å². The number of rotatable bonds is 3. The molecule has 1 atom stereocenters. The molecule has 82 valence electrons. The Morgan fingerprint density at radius 2 is 1.75 bits per heavy atom. The van der Waals surface area contributed by atoms with E-state index in [1.165, 1.54) is 5.56 Å². The van der Waals surface area contributed by atoms with Crippen LogP contribution in [0.4, 0.5) is 5.69 Å². The minimum atomic E-state index is 0.324. The summed E-state index contributed by atoms with van der Waals surface area (Å²) in [6.07, 6.45) is 4.49. The lowest BCUT2D eigenvalue weighted by Crippen LogP contribution is -2.03. The molecule has 3 nitrogen and oxygen atoms in total. The Bertz CT molecular complexity index is 436. The lowest BCUT2D eigenvalue weighted by Gasteiger charge is -2.09. The summed E-state index contributed by atoms with van der Waals surface area (Å²) in [5.41, 5.74) is 7.70. The molecule has 2 rings (SSSR count). The monoisotopic (exact) mass is 213 g/mol. The summed E-state index contributed by atoms with van der Waals surface area (Å²) in [7, 11) is 0. The van der Waals surface area contributed by atoms with Crippen molar-refractivity contribution >= 4 is 5.69 Å².